The average molecular weight is 316 g/mol. The van der Waals surface area contributed by atoms with Gasteiger partial charge in [0.25, 0.3) is 5.91 Å². The van der Waals surface area contributed by atoms with Gasteiger partial charge in [-0.15, -0.1) is 0 Å². The predicted octanol–water partition coefficient (Wildman–Crippen LogP) is 2.60. The fourth-order valence-corrected chi connectivity index (χ4v) is 3.13. The van der Waals surface area contributed by atoms with Crippen molar-refractivity contribution in [1.29, 1.82) is 0 Å². The molecule has 2 aliphatic rings. The van der Waals surface area contributed by atoms with Crippen LogP contribution in [-0.4, -0.2) is 28.6 Å². The van der Waals surface area contributed by atoms with Crippen LogP contribution in [0.5, 0.6) is 0 Å². The number of aliphatic hydroxyl groups is 1. The van der Waals surface area contributed by atoms with Crippen LogP contribution in [0.25, 0.3) is 0 Å². The largest absolute Gasteiger partial charge is 0.389 e. The monoisotopic (exact) mass is 316 g/mol. The van der Waals surface area contributed by atoms with E-state index in [1.54, 1.807) is 24.3 Å². The lowest BCUT2D eigenvalue weighted by atomic mass is 9.82. The van der Waals surface area contributed by atoms with Crippen LogP contribution in [0.1, 0.15) is 61.7 Å². The number of hydrogen-bond donors (Lipinski definition) is 3. The summed E-state index contributed by atoms with van der Waals surface area (Å²) in [5.41, 5.74) is 0.271. The quantitative estimate of drug-likeness (QED) is 0.781. The maximum atomic E-state index is 12.2. The van der Waals surface area contributed by atoms with Crippen LogP contribution in [-0.2, 0) is 4.79 Å². The van der Waals surface area contributed by atoms with E-state index < -0.39 is 5.60 Å². The van der Waals surface area contributed by atoms with E-state index in [4.69, 9.17) is 0 Å². The summed E-state index contributed by atoms with van der Waals surface area (Å²) in [6.45, 7) is 0. The second-order valence-corrected chi connectivity index (χ2v) is 6.84. The lowest BCUT2D eigenvalue weighted by molar-refractivity contribution is -0.122. The van der Waals surface area contributed by atoms with E-state index in [0.29, 0.717) is 30.1 Å². The zero-order valence-electron chi connectivity index (χ0n) is 13.3. The summed E-state index contributed by atoms with van der Waals surface area (Å²) in [4.78, 5) is 24.2. The lowest BCUT2D eigenvalue weighted by Gasteiger charge is -2.31. The molecule has 2 amide bonds. The molecule has 0 heterocycles. The van der Waals surface area contributed by atoms with Gasteiger partial charge < -0.3 is 15.7 Å². The average Bonchev–Trinajstić information content (AvgIpc) is 3.31. The molecular weight excluding hydrogens is 292 g/mol. The summed E-state index contributed by atoms with van der Waals surface area (Å²) in [6.07, 6.45) is 6.64. The molecule has 3 rings (SSSR count). The van der Waals surface area contributed by atoms with Crippen molar-refractivity contribution in [1.82, 2.24) is 5.32 Å². The van der Waals surface area contributed by atoms with Crippen molar-refractivity contribution in [3.8, 4) is 0 Å². The zero-order chi connectivity index (χ0) is 16.3. The third kappa shape index (κ3) is 4.55. The predicted molar refractivity (Wildman–Crippen MR) is 88.2 cm³/mol. The van der Waals surface area contributed by atoms with Crippen molar-refractivity contribution in [3.63, 3.8) is 0 Å². The molecule has 0 saturated heterocycles. The van der Waals surface area contributed by atoms with E-state index in [1.807, 2.05) is 0 Å². The molecule has 5 heteroatoms. The first-order valence-corrected chi connectivity index (χ1v) is 8.47. The van der Waals surface area contributed by atoms with Crippen molar-refractivity contribution in [2.75, 3.05) is 5.32 Å². The van der Waals surface area contributed by atoms with Crippen LogP contribution in [0.3, 0.4) is 0 Å². The number of amides is 2. The summed E-state index contributed by atoms with van der Waals surface area (Å²) in [7, 11) is 0. The van der Waals surface area contributed by atoms with E-state index in [0.717, 1.165) is 32.1 Å². The Morgan fingerprint density at radius 2 is 1.91 bits per heavy atom. The van der Waals surface area contributed by atoms with Gasteiger partial charge in [-0.3, -0.25) is 9.59 Å². The fourth-order valence-electron chi connectivity index (χ4n) is 3.13. The summed E-state index contributed by atoms with van der Waals surface area (Å²) < 4.78 is 0. The third-order valence-corrected chi connectivity index (χ3v) is 4.59. The minimum absolute atomic E-state index is 0.102. The van der Waals surface area contributed by atoms with Crippen LogP contribution in [0.15, 0.2) is 24.3 Å². The van der Waals surface area contributed by atoms with Crippen molar-refractivity contribution in [3.05, 3.63) is 29.8 Å². The SMILES string of the molecule is O=C(CC1(O)CCCCC1)Nc1cccc(C(=O)NC2CC2)c1. The molecule has 23 heavy (non-hydrogen) atoms. The number of anilines is 1. The molecule has 1 aromatic carbocycles. The molecule has 0 aliphatic heterocycles. The first-order chi connectivity index (χ1) is 11.0. The molecule has 0 aromatic heterocycles. The zero-order valence-corrected chi connectivity index (χ0v) is 13.3. The maximum Gasteiger partial charge on any atom is 0.251 e. The number of benzene rings is 1. The molecular formula is C18H24N2O3. The third-order valence-electron chi connectivity index (χ3n) is 4.59. The molecule has 2 saturated carbocycles. The fraction of sp³-hybridized carbons (Fsp3) is 0.556. The maximum absolute atomic E-state index is 12.2. The summed E-state index contributed by atoms with van der Waals surface area (Å²) in [6, 6.07) is 7.24. The van der Waals surface area contributed by atoms with Crippen LogP contribution < -0.4 is 10.6 Å². The van der Waals surface area contributed by atoms with Crippen LogP contribution in [0.4, 0.5) is 5.69 Å². The normalized spacial score (nSPS) is 19.9. The van der Waals surface area contributed by atoms with Gasteiger partial charge in [0, 0.05) is 17.3 Å². The molecule has 0 spiro atoms. The van der Waals surface area contributed by atoms with Gasteiger partial charge in [0.2, 0.25) is 5.91 Å². The Morgan fingerprint density at radius 1 is 1.17 bits per heavy atom. The number of carbonyl (C=O) groups excluding carboxylic acids is 2. The second kappa shape index (κ2) is 6.71. The first-order valence-electron chi connectivity index (χ1n) is 8.47. The van der Waals surface area contributed by atoms with Crippen LogP contribution in [0.2, 0.25) is 0 Å². The molecule has 2 fully saturated rings. The summed E-state index contributed by atoms with van der Waals surface area (Å²) >= 11 is 0. The molecule has 0 unspecified atom stereocenters. The molecule has 0 atom stereocenters. The van der Waals surface area contributed by atoms with Gasteiger partial charge in [0.1, 0.15) is 0 Å². The Labute approximate surface area is 136 Å². The Balaban J connectivity index is 1.58. The Morgan fingerprint density at radius 3 is 2.61 bits per heavy atom. The van der Waals surface area contributed by atoms with E-state index in [-0.39, 0.29) is 18.2 Å². The number of nitrogens with one attached hydrogen (secondary N) is 2. The standard InChI is InChI=1S/C18H24N2O3/c21-16(12-18(23)9-2-1-3-10-18)19-15-6-4-5-13(11-15)17(22)20-14-7-8-14/h4-6,11,14,23H,1-3,7-10,12H2,(H,19,21)(H,20,22). The van der Waals surface area contributed by atoms with E-state index in [9.17, 15) is 14.7 Å². The highest BCUT2D eigenvalue weighted by molar-refractivity contribution is 5.97. The highest BCUT2D eigenvalue weighted by Crippen LogP contribution is 2.31. The van der Waals surface area contributed by atoms with Crippen LogP contribution >= 0.6 is 0 Å². The highest BCUT2D eigenvalue weighted by Gasteiger charge is 2.31. The Bertz CT molecular complexity index is 590. The van der Waals surface area contributed by atoms with Crippen molar-refractivity contribution >= 4 is 17.5 Å². The molecule has 3 N–H and O–H groups in total. The van der Waals surface area contributed by atoms with Gasteiger partial charge >= 0.3 is 0 Å². The minimum Gasteiger partial charge on any atom is -0.389 e. The van der Waals surface area contributed by atoms with Gasteiger partial charge in [-0.25, -0.2) is 0 Å². The first kappa shape index (κ1) is 16.0. The molecule has 1 aromatic rings. The van der Waals surface area contributed by atoms with Crippen LogP contribution in [0, 0.1) is 0 Å². The number of rotatable bonds is 5. The molecule has 5 nitrogen and oxygen atoms in total. The molecule has 0 radical (unpaired) electrons. The van der Waals surface area contributed by atoms with Crippen molar-refractivity contribution < 1.29 is 14.7 Å². The summed E-state index contributed by atoms with van der Waals surface area (Å²) in [5.74, 6) is -0.302. The van der Waals surface area contributed by atoms with Gasteiger partial charge in [-0.05, 0) is 43.9 Å². The molecule has 2 aliphatic carbocycles. The van der Waals surface area contributed by atoms with E-state index in [1.165, 1.54) is 0 Å². The van der Waals surface area contributed by atoms with E-state index in [2.05, 4.69) is 10.6 Å². The Hall–Kier alpha value is -1.88. The van der Waals surface area contributed by atoms with Crippen molar-refractivity contribution in [2.45, 2.75) is 63.0 Å². The second-order valence-electron chi connectivity index (χ2n) is 6.84. The number of carbonyl (C=O) groups is 2. The van der Waals surface area contributed by atoms with Gasteiger partial charge in [0.15, 0.2) is 0 Å². The topological polar surface area (TPSA) is 78.4 Å². The van der Waals surface area contributed by atoms with Gasteiger partial charge in [0.05, 0.1) is 12.0 Å². The summed E-state index contributed by atoms with van der Waals surface area (Å²) in [5, 5.41) is 16.2. The van der Waals surface area contributed by atoms with Crippen molar-refractivity contribution in [2.24, 2.45) is 0 Å². The Kier molecular flexibility index (Phi) is 4.66. The highest BCUT2D eigenvalue weighted by atomic mass is 16.3. The molecule has 0 bridgehead atoms. The lowest BCUT2D eigenvalue weighted by Crippen LogP contribution is -2.35. The van der Waals surface area contributed by atoms with Gasteiger partial charge in [-0.1, -0.05) is 25.3 Å². The number of hydrogen-bond acceptors (Lipinski definition) is 3. The smallest absolute Gasteiger partial charge is 0.251 e. The minimum atomic E-state index is -0.872. The molecule has 124 valence electrons. The van der Waals surface area contributed by atoms with E-state index >= 15 is 0 Å². The van der Waals surface area contributed by atoms with Gasteiger partial charge in [-0.2, -0.15) is 0 Å².